The molecule has 12 heavy (non-hydrogen) atoms. The number of benzene rings is 1. The quantitative estimate of drug-likeness (QED) is 0.563. The molecule has 2 rings (SSSR count). The van der Waals surface area contributed by atoms with Crippen molar-refractivity contribution < 1.29 is 14.1 Å². The number of rotatable bonds is 0. The Bertz CT molecular complexity index is 327. The first-order valence-electron chi connectivity index (χ1n) is 3.77. The van der Waals surface area contributed by atoms with E-state index in [1.165, 1.54) is 6.07 Å². The zero-order valence-corrected chi connectivity index (χ0v) is 6.67. The van der Waals surface area contributed by atoms with Crippen LogP contribution in [-0.4, -0.2) is 12.1 Å². The maximum atomic E-state index is 13.1. The van der Waals surface area contributed by atoms with Crippen molar-refractivity contribution in [2.75, 3.05) is 0 Å². The van der Waals surface area contributed by atoms with Crippen LogP contribution in [0.15, 0.2) is 12.1 Å². The van der Waals surface area contributed by atoms with Crippen LogP contribution in [0.5, 0.6) is 0 Å². The van der Waals surface area contributed by atoms with Crippen LogP contribution >= 0.6 is 0 Å². The molecule has 2 nitrogen and oxygen atoms in total. The molecule has 1 aliphatic heterocycles. The number of halogens is 1. The van der Waals surface area contributed by atoms with Crippen LogP contribution in [0.1, 0.15) is 11.1 Å². The van der Waals surface area contributed by atoms with Gasteiger partial charge in [-0.05, 0) is 18.5 Å². The van der Waals surface area contributed by atoms with Crippen molar-refractivity contribution in [3.8, 4) is 0 Å². The summed E-state index contributed by atoms with van der Waals surface area (Å²) in [6, 6.07) is 3.04. The van der Waals surface area contributed by atoms with Crippen molar-refractivity contribution in [2.24, 2.45) is 0 Å². The highest BCUT2D eigenvalue weighted by molar-refractivity contribution is 6.62. The van der Waals surface area contributed by atoms with Gasteiger partial charge in [-0.1, -0.05) is 11.6 Å². The van der Waals surface area contributed by atoms with E-state index in [0.717, 1.165) is 5.56 Å². The van der Waals surface area contributed by atoms with E-state index in [0.29, 0.717) is 11.0 Å². The largest absolute Gasteiger partial charge is 0.492 e. The lowest BCUT2D eigenvalue weighted by atomic mass is 9.76. The maximum Gasteiger partial charge on any atom is 0.492 e. The standard InChI is InChI=1S/C8H8BFO2/c1-5-2-3-7(10)6-4-12-9(11)8(5)6/h2-3,11H,4H2,1H3. The van der Waals surface area contributed by atoms with E-state index in [9.17, 15) is 9.41 Å². The molecule has 1 heterocycles. The number of hydrogen-bond acceptors (Lipinski definition) is 2. The Labute approximate surface area is 70.1 Å². The molecule has 0 saturated carbocycles. The Morgan fingerprint density at radius 1 is 1.58 bits per heavy atom. The molecule has 0 saturated heterocycles. The van der Waals surface area contributed by atoms with Gasteiger partial charge in [0.15, 0.2) is 0 Å². The first-order chi connectivity index (χ1) is 5.70. The van der Waals surface area contributed by atoms with Gasteiger partial charge in [0, 0.05) is 5.56 Å². The molecule has 0 amide bonds. The Kier molecular flexibility index (Phi) is 1.66. The van der Waals surface area contributed by atoms with Crippen LogP contribution in [0, 0.1) is 12.7 Å². The van der Waals surface area contributed by atoms with Gasteiger partial charge in [0.1, 0.15) is 5.82 Å². The minimum absolute atomic E-state index is 0.171. The number of hydrogen-bond donors (Lipinski definition) is 1. The third kappa shape index (κ3) is 0.957. The summed E-state index contributed by atoms with van der Waals surface area (Å²) in [6.07, 6.45) is 0. The molecule has 1 aliphatic rings. The maximum absolute atomic E-state index is 13.1. The third-order valence-corrected chi connectivity index (χ3v) is 2.15. The summed E-state index contributed by atoms with van der Waals surface area (Å²) in [4.78, 5) is 0. The smallest absolute Gasteiger partial charge is 0.423 e. The van der Waals surface area contributed by atoms with Crippen LogP contribution in [0.2, 0.25) is 0 Å². The average Bonchev–Trinajstić information content (AvgIpc) is 2.42. The molecule has 0 spiro atoms. The summed E-state index contributed by atoms with van der Waals surface area (Å²) in [5.41, 5.74) is 1.95. The Morgan fingerprint density at radius 3 is 3.00 bits per heavy atom. The van der Waals surface area contributed by atoms with Gasteiger partial charge in [0.05, 0.1) is 6.61 Å². The third-order valence-electron chi connectivity index (χ3n) is 2.15. The van der Waals surface area contributed by atoms with Gasteiger partial charge in [-0.3, -0.25) is 0 Å². The first kappa shape index (κ1) is 7.77. The van der Waals surface area contributed by atoms with E-state index in [4.69, 9.17) is 4.65 Å². The van der Waals surface area contributed by atoms with Gasteiger partial charge in [-0.25, -0.2) is 4.39 Å². The van der Waals surface area contributed by atoms with E-state index >= 15 is 0 Å². The lowest BCUT2D eigenvalue weighted by Crippen LogP contribution is -2.30. The number of fused-ring (bicyclic) bond motifs is 1. The molecule has 4 heteroatoms. The predicted molar refractivity (Wildman–Crippen MR) is 43.5 cm³/mol. The molecular formula is C8H8BFO2. The van der Waals surface area contributed by atoms with Crippen molar-refractivity contribution in [3.63, 3.8) is 0 Å². The molecule has 0 unspecified atom stereocenters. The molecule has 0 radical (unpaired) electrons. The van der Waals surface area contributed by atoms with Gasteiger partial charge < -0.3 is 9.68 Å². The first-order valence-corrected chi connectivity index (χ1v) is 3.77. The molecule has 0 aliphatic carbocycles. The molecule has 0 atom stereocenters. The SMILES string of the molecule is Cc1ccc(F)c2c1B(O)OC2. The van der Waals surface area contributed by atoms with E-state index < -0.39 is 7.12 Å². The van der Waals surface area contributed by atoms with Crippen molar-refractivity contribution in [3.05, 3.63) is 29.1 Å². The second kappa shape index (κ2) is 2.57. The highest BCUT2D eigenvalue weighted by atomic mass is 19.1. The summed E-state index contributed by atoms with van der Waals surface area (Å²) in [7, 11) is -0.948. The van der Waals surface area contributed by atoms with Gasteiger partial charge in [-0.2, -0.15) is 0 Å². The molecule has 1 aromatic rings. The normalized spacial score (nSPS) is 15.1. The molecule has 0 aromatic heterocycles. The summed E-state index contributed by atoms with van der Waals surface area (Å²) in [5, 5.41) is 9.30. The highest BCUT2D eigenvalue weighted by Crippen LogP contribution is 2.15. The fraction of sp³-hybridized carbons (Fsp3) is 0.250. The Hall–Kier alpha value is -0.865. The van der Waals surface area contributed by atoms with Crippen LogP contribution < -0.4 is 5.46 Å². The summed E-state index contributed by atoms with van der Waals surface area (Å²) in [6.45, 7) is 2.00. The second-order valence-corrected chi connectivity index (χ2v) is 2.92. The minimum Gasteiger partial charge on any atom is -0.423 e. The predicted octanol–water partition coefficient (Wildman–Crippen LogP) is 0.352. The van der Waals surface area contributed by atoms with Crippen LogP contribution in [0.25, 0.3) is 0 Å². The lowest BCUT2D eigenvalue weighted by Gasteiger charge is -2.02. The highest BCUT2D eigenvalue weighted by Gasteiger charge is 2.30. The second-order valence-electron chi connectivity index (χ2n) is 2.92. The fourth-order valence-electron chi connectivity index (χ4n) is 1.49. The number of aryl methyl sites for hydroxylation is 1. The monoisotopic (exact) mass is 166 g/mol. The van der Waals surface area contributed by atoms with Crippen molar-refractivity contribution in [1.82, 2.24) is 0 Å². The minimum atomic E-state index is -0.948. The van der Waals surface area contributed by atoms with Gasteiger partial charge >= 0.3 is 7.12 Å². The Balaban J connectivity index is 2.64. The summed E-state index contributed by atoms with van der Waals surface area (Å²) < 4.78 is 18.0. The van der Waals surface area contributed by atoms with Crippen molar-refractivity contribution in [1.29, 1.82) is 0 Å². The van der Waals surface area contributed by atoms with Gasteiger partial charge in [0.25, 0.3) is 0 Å². The van der Waals surface area contributed by atoms with E-state index in [1.807, 2.05) is 6.92 Å². The fourth-order valence-corrected chi connectivity index (χ4v) is 1.49. The summed E-state index contributed by atoms with van der Waals surface area (Å²) in [5.74, 6) is -0.299. The van der Waals surface area contributed by atoms with Crippen LogP contribution in [0.3, 0.4) is 0 Å². The molecule has 0 bridgehead atoms. The van der Waals surface area contributed by atoms with Crippen molar-refractivity contribution in [2.45, 2.75) is 13.5 Å². The van der Waals surface area contributed by atoms with Gasteiger partial charge in [0.2, 0.25) is 0 Å². The van der Waals surface area contributed by atoms with E-state index in [-0.39, 0.29) is 12.4 Å². The van der Waals surface area contributed by atoms with Crippen LogP contribution in [0.4, 0.5) is 4.39 Å². The van der Waals surface area contributed by atoms with E-state index in [2.05, 4.69) is 0 Å². The molecule has 1 N–H and O–H groups in total. The van der Waals surface area contributed by atoms with Crippen LogP contribution in [-0.2, 0) is 11.3 Å². The summed E-state index contributed by atoms with van der Waals surface area (Å²) >= 11 is 0. The Morgan fingerprint density at radius 2 is 2.33 bits per heavy atom. The zero-order valence-electron chi connectivity index (χ0n) is 6.67. The van der Waals surface area contributed by atoms with E-state index in [1.54, 1.807) is 6.07 Å². The average molecular weight is 166 g/mol. The molecule has 0 fully saturated rings. The van der Waals surface area contributed by atoms with Gasteiger partial charge in [-0.15, -0.1) is 0 Å². The lowest BCUT2D eigenvalue weighted by molar-refractivity contribution is 0.272. The van der Waals surface area contributed by atoms with Crippen molar-refractivity contribution >= 4 is 12.6 Å². The molecular weight excluding hydrogens is 158 g/mol. The topological polar surface area (TPSA) is 29.5 Å². The molecule has 1 aromatic carbocycles. The molecule has 62 valence electrons. The zero-order chi connectivity index (χ0) is 8.72.